The number of carbonyl (C=O) groups excluding carboxylic acids is 1. The van der Waals surface area contributed by atoms with Crippen molar-refractivity contribution in [1.29, 1.82) is 0 Å². The van der Waals surface area contributed by atoms with E-state index in [1.807, 2.05) is 36.4 Å². The molecule has 1 aromatic carbocycles. The van der Waals surface area contributed by atoms with E-state index < -0.39 is 0 Å². The molecule has 5 heteroatoms. The van der Waals surface area contributed by atoms with Gasteiger partial charge >= 0.3 is 0 Å². The first-order valence-corrected chi connectivity index (χ1v) is 10.0. The van der Waals surface area contributed by atoms with Crippen LogP contribution in [0.25, 0.3) is 0 Å². The molecule has 0 aliphatic carbocycles. The summed E-state index contributed by atoms with van der Waals surface area (Å²) in [6.07, 6.45) is 6.09. The van der Waals surface area contributed by atoms with Gasteiger partial charge in [0, 0.05) is 12.1 Å². The summed E-state index contributed by atoms with van der Waals surface area (Å²) in [5.41, 5.74) is 0.688. The second kappa shape index (κ2) is 10.2. The van der Waals surface area contributed by atoms with Gasteiger partial charge in [0.05, 0.1) is 19.4 Å². The zero-order valence-corrected chi connectivity index (χ0v) is 16.2. The quantitative estimate of drug-likeness (QED) is 0.675. The molecule has 3 rings (SSSR count). The third-order valence-corrected chi connectivity index (χ3v) is 5.10. The number of rotatable bonds is 9. The van der Waals surface area contributed by atoms with Gasteiger partial charge in [-0.15, -0.1) is 0 Å². The highest BCUT2D eigenvalue weighted by molar-refractivity contribution is 5.94. The number of hydrogen-bond acceptors (Lipinski definition) is 4. The highest BCUT2D eigenvalue weighted by Crippen LogP contribution is 2.19. The molecule has 1 aliphatic rings. The summed E-state index contributed by atoms with van der Waals surface area (Å²) in [5.74, 6) is 2.37. The molecule has 146 valence electrons. The van der Waals surface area contributed by atoms with Crippen molar-refractivity contribution in [2.24, 2.45) is 5.92 Å². The van der Waals surface area contributed by atoms with E-state index in [4.69, 9.17) is 9.15 Å². The van der Waals surface area contributed by atoms with Gasteiger partial charge < -0.3 is 14.5 Å². The maximum absolute atomic E-state index is 12.4. The zero-order chi connectivity index (χ0) is 18.9. The van der Waals surface area contributed by atoms with Gasteiger partial charge in [0.2, 0.25) is 0 Å². The maximum Gasteiger partial charge on any atom is 0.251 e. The molecular formula is C22H30N2O3. The fraction of sp³-hybridized carbons (Fsp3) is 0.500. The average Bonchev–Trinajstić information content (AvgIpc) is 3.21. The Labute approximate surface area is 161 Å². The van der Waals surface area contributed by atoms with E-state index in [-0.39, 0.29) is 5.91 Å². The Morgan fingerprint density at radius 3 is 2.67 bits per heavy atom. The predicted molar refractivity (Wildman–Crippen MR) is 106 cm³/mol. The second-order valence-corrected chi connectivity index (χ2v) is 7.24. The van der Waals surface area contributed by atoms with Crippen LogP contribution in [0.4, 0.5) is 0 Å². The summed E-state index contributed by atoms with van der Waals surface area (Å²) in [6.45, 7) is 6.57. The number of likely N-dealkylation sites (tertiary alicyclic amines) is 1. The Kier molecular flexibility index (Phi) is 7.34. The first-order chi connectivity index (χ1) is 13.2. The van der Waals surface area contributed by atoms with Crippen molar-refractivity contribution in [3.05, 3.63) is 54.0 Å². The highest BCUT2D eigenvalue weighted by atomic mass is 16.5. The van der Waals surface area contributed by atoms with Crippen LogP contribution in [-0.2, 0) is 6.54 Å². The van der Waals surface area contributed by atoms with Gasteiger partial charge in [-0.1, -0.05) is 13.3 Å². The lowest BCUT2D eigenvalue weighted by molar-refractivity contribution is 0.0934. The molecule has 0 spiro atoms. The van der Waals surface area contributed by atoms with E-state index in [9.17, 15) is 4.79 Å². The summed E-state index contributed by atoms with van der Waals surface area (Å²) in [4.78, 5) is 14.8. The van der Waals surface area contributed by atoms with E-state index in [0.29, 0.717) is 11.5 Å². The molecule has 1 N–H and O–H groups in total. The fourth-order valence-corrected chi connectivity index (χ4v) is 3.35. The number of piperidine rings is 1. The van der Waals surface area contributed by atoms with E-state index in [1.165, 1.54) is 0 Å². The molecule has 27 heavy (non-hydrogen) atoms. The largest absolute Gasteiger partial charge is 0.494 e. The Balaban J connectivity index is 1.37. The fourth-order valence-electron chi connectivity index (χ4n) is 3.35. The number of hydrogen-bond donors (Lipinski definition) is 1. The van der Waals surface area contributed by atoms with Crippen LogP contribution in [0.2, 0.25) is 0 Å². The molecular weight excluding hydrogens is 340 g/mol. The van der Waals surface area contributed by atoms with Gasteiger partial charge in [0.1, 0.15) is 11.5 Å². The number of ether oxygens (including phenoxy) is 1. The minimum Gasteiger partial charge on any atom is -0.494 e. The van der Waals surface area contributed by atoms with Gasteiger partial charge in [-0.2, -0.15) is 0 Å². The number of nitrogens with zero attached hydrogens (tertiary/aromatic N) is 1. The van der Waals surface area contributed by atoms with Crippen LogP contribution < -0.4 is 10.1 Å². The van der Waals surface area contributed by atoms with Gasteiger partial charge in [-0.3, -0.25) is 9.69 Å². The van der Waals surface area contributed by atoms with Crippen molar-refractivity contribution in [2.45, 2.75) is 39.2 Å². The van der Waals surface area contributed by atoms with Crippen molar-refractivity contribution < 1.29 is 13.9 Å². The second-order valence-electron chi connectivity index (χ2n) is 7.24. The van der Waals surface area contributed by atoms with Gasteiger partial charge in [-0.25, -0.2) is 0 Å². The summed E-state index contributed by atoms with van der Waals surface area (Å²) < 4.78 is 11.1. The Morgan fingerprint density at radius 1 is 1.22 bits per heavy atom. The van der Waals surface area contributed by atoms with Crippen LogP contribution in [0.3, 0.4) is 0 Å². The van der Waals surface area contributed by atoms with E-state index in [2.05, 4.69) is 17.1 Å². The predicted octanol–water partition coefficient (Wildman–Crippen LogP) is 4.10. The molecule has 0 radical (unpaired) electrons. The normalized spacial score (nSPS) is 15.6. The summed E-state index contributed by atoms with van der Waals surface area (Å²) >= 11 is 0. The number of benzene rings is 1. The van der Waals surface area contributed by atoms with E-state index in [1.54, 1.807) is 6.26 Å². The standard InChI is InChI=1S/C22H30N2O3/c1-2-3-14-26-20-8-6-19(7-9-20)22(25)23-16-18-10-12-24(13-11-18)17-21-5-4-15-27-21/h4-9,15,18H,2-3,10-14,16-17H2,1H3,(H,23,25). The van der Waals surface area contributed by atoms with Crippen molar-refractivity contribution in [3.63, 3.8) is 0 Å². The van der Waals surface area contributed by atoms with Crippen molar-refractivity contribution in [3.8, 4) is 5.75 Å². The molecule has 2 heterocycles. The van der Waals surface area contributed by atoms with Crippen molar-refractivity contribution >= 4 is 5.91 Å². The zero-order valence-electron chi connectivity index (χ0n) is 16.2. The third-order valence-electron chi connectivity index (χ3n) is 5.10. The lowest BCUT2D eigenvalue weighted by Gasteiger charge is -2.31. The lowest BCUT2D eigenvalue weighted by atomic mass is 9.96. The van der Waals surface area contributed by atoms with E-state index >= 15 is 0 Å². The number of carbonyl (C=O) groups is 1. The molecule has 1 amide bonds. The number of amides is 1. The highest BCUT2D eigenvalue weighted by Gasteiger charge is 2.20. The number of nitrogens with one attached hydrogen (secondary N) is 1. The minimum atomic E-state index is -0.00637. The summed E-state index contributed by atoms with van der Waals surface area (Å²) in [6, 6.07) is 11.4. The number of unbranched alkanes of at least 4 members (excludes halogenated alkanes) is 1. The van der Waals surface area contributed by atoms with Crippen LogP contribution in [0.5, 0.6) is 5.75 Å². The molecule has 0 unspecified atom stereocenters. The Hall–Kier alpha value is -2.27. The Morgan fingerprint density at radius 2 is 2.00 bits per heavy atom. The molecule has 1 fully saturated rings. The molecule has 1 aliphatic heterocycles. The maximum atomic E-state index is 12.4. The van der Waals surface area contributed by atoms with Crippen LogP contribution in [0.1, 0.15) is 48.7 Å². The van der Waals surface area contributed by atoms with Crippen LogP contribution in [0, 0.1) is 5.92 Å². The first kappa shape index (κ1) is 19.5. The topological polar surface area (TPSA) is 54.7 Å². The Bertz CT molecular complexity index is 674. The molecule has 1 saturated heterocycles. The van der Waals surface area contributed by atoms with Crippen molar-refractivity contribution in [1.82, 2.24) is 10.2 Å². The van der Waals surface area contributed by atoms with E-state index in [0.717, 1.165) is 70.0 Å². The minimum absolute atomic E-state index is 0.00637. The molecule has 2 aromatic rings. The SMILES string of the molecule is CCCCOc1ccc(C(=O)NCC2CCN(Cc3ccco3)CC2)cc1. The van der Waals surface area contributed by atoms with Crippen molar-refractivity contribution in [2.75, 3.05) is 26.2 Å². The monoisotopic (exact) mass is 370 g/mol. The summed E-state index contributed by atoms with van der Waals surface area (Å²) in [5, 5.41) is 3.08. The molecule has 1 aromatic heterocycles. The number of furan rings is 1. The van der Waals surface area contributed by atoms with Crippen LogP contribution in [0.15, 0.2) is 47.1 Å². The molecule has 0 bridgehead atoms. The van der Waals surface area contributed by atoms with Crippen LogP contribution >= 0.6 is 0 Å². The van der Waals surface area contributed by atoms with Gasteiger partial charge in [0.15, 0.2) is 0 Å². The van der Waals surface area contributed by atoms with Gasteiger partial charge in [0.25, 0.3) is 5.91 Å². The first-order valence-electron chi connectivity index (χ1n) is 10.0. The molecule has 5 nitrogen and oxygen atoms in total. The summed E-state index contributed by atoms with van der Waals surface area (Å²) in [7, 11) is 0. The lowest BCUT2D eigenvalue weighted by Crippen LogP contribution is -2.38. The average molecular weight is 370 g/mol. The molecule has 0 atom stereocenters. The molecule has 0 saturated carbocycles. The van der Waals surface area contributed by atoms with Gasteiger partial charge in [-0.05, 0) is 74.7 Å². The third kappa shape index (κ3) is 6.14. The van der Waals surface area contributed by atoms with Crippen LogP contribution in [-0.4, -0.2) is 37.0 Å². The smallest absolute Gasteiger partial charge is 0.251 e.